The molecule has 2 fully saturated rings. The molecule has 1 aliphatic heterocycles. The number of nitrogens with zero attached hydrogens (tertiary/aromatic N) is 1. The summed E-state index contributed by atoms with van der Waals surface area (Å²) in [5, 5.41) is 0.310. The average Bonchev–Trinajstić information content (AvgIpc) is 2.68. The van der Waals surface area contributed by atoms with Gasteiger partial charge in [-0.25, -0.2) is 4.79 Å². The van der Waals surface area contributed by atoms with E-state index in [0.29, 0.717) is 47.8 Å². The smallest absolute Gasteiger partial charge is 0.410 e. The first-order valence-corrected chi connectivity index (χ1v) is 11.2. The van der Waals surface area contributed by atoms with E-state index >= 15 is 0 Å². The topological polar surface area (TPSA) is 72.9 Å². The summed E-state index contributed by atoms with van der Waals surface area (Å²) in [6.45, 7) is 8.14. The van der Waals surface area contributed by atoms with Crippen molar-refractivity contribution >= 4 is 29.3 Å². The molecule has 1 heterocycles. The molecule has 0 aromatic heterocycles. The molecule has 1 amide bonds. The zero-order valence-corrected chi connectivity index (χ0v) is 20.1. The fourth-order valence-corrected chi connectivity index (χ4v) is 4.93. The first-order valence-electron chi connectivity index (χ1n) is 10.8. The molecule has 1 saturated heterocycles. The van der Waals surface area contributed by atoms with Gasteiger partial charge in [0.1, 0.15) is 28.8 Å². The van der Waals surface area contributed by atoms with Crippen LogP contribution in [0.25, 0.3) is 0 Å². The normalized spacial score (nSPS) is 18.9. The number of piperidine rings is 1. The van der Waals surface area contributed by atoms with Crippen molar-refractivity contribution in [3.8, 4) is 17.6 Å². The molecule has 32 heavy (non-hydrogen) atoms. The van der Waals surface area contributed by atoms with Gasteiger partial charge in [0, 0.05) is 42.1 Å². The van der Waals surface area contributed by atoms with Crippen LogP contribution in [0, 0.1) is 17.3 Å². The van der Waals surface area contributed by atoms with Crippen LogP contribution in [0.3, 0.4) is 0 Å². The van der Waals surface area contributed by atoms with E-state index in [1.54, 1.807) is 24.0 Å². The summed E-state index contributed by atoms with van der Waals surface area (Å²) in [5.41, 5.74) is 0.107. The number of benzene rings is 1. The van der Waals surface area contributed by atoms with Crippen LogP contribution in [-0.4, -0.2) is 48.4 Å². The number of ketones is 2. The van der Waals surface area contributed by atoms with E-state index in [1.165, 1.54) is 7.11 Å². The Hall–Kier alpha value is -2.52. The van der Waals surface area contributed by atoms with E-state index in [0.717, 1.165) is 0 Å². The minimum Gasteiger partial charge on any atom is -0.496 e. The molecule has 6 nitrogen and oxygen atoms in total. The molecule has 2 aliphatic rings. The summed E-state index contributed by atoms with van der Waals surface area (Å²) in [5.74, 6) is 4.89. The van der Waals surface area contributed by atoms with Gasteiger partial charge in [0.05, 0.1) is 7.11 Å². The predicted octanol–water partition coefficient (Wildman–Crippen LogP) is 4.75. The van der Waals surface area contributed by atoms with Crippen molar-refractivity contribution in [1.29, 1.82) is 0 Å². The van der Waals surface area contributed by atoms with Gasteiger partial charge < -0.3 is 14.4 Å². The number of hydrogen-bond acceptors (Lipinski definition) is 5. The second-order valence-electron chi connectivity index (χ2n) is 9.64. The van der Waals surface area contributed by atoms with Crippen LogP contribution in [0.15, 0.2) is 12.1 Å². The van der Waals surface area contributed by atoms with E-state index in [9.17, 15) is 14.4 Å². The summed E-state index contributed by atoms with van der Waals surface area (Å²) in [4.78, 5) is 40.5. The Labute approximate surface area is 194 Å². The van der Waals surface area contributed by atoms with Crippen LogP contribution in [0.2, 0.25) is 5.02 Å². The number of rotatable bonds is 2. The lowest BCUT2D eigenvalue weighted by Crippen LogP contribution is -2.49. The molecule has 0 unspecified atom stereocenters. The second-order valence-corrected chi connectivity index (χ2v) is 10.0. The van der Waals surface area contributed by atoms with Crippen molar-refractivity contribution in [3.63, 3.8) is 0 Å². The predicted molar refractivity (Wildman–Crippen MR) is 122 cm³/mol. The van der Waals surface area contributed by atoms with Gasteiger partial charge in [-0.2, -0.15) is 0 Å². The Morgan fingerprint density at radius 2 is 1.75 bits per heavy atom. The van der Waals surface area contributed by atoms with Crippen LogP contribution in [-0.2, 0) is 14.3 Å². The Balaban J connectivity index is 1.77. The molecule has 0 N–H and O–H groups in total. The Kier molecular flexibility index (Phi) is 6.90. The molecule has 1 saturated carbocycles. The molecule has 0 atom stereocenters. The van der Waals surface area contributed by atoms with Gasteiger partial charge in [-0.3, -0.25) is 9.59 Å². The van der Waals surface area contributed by atoms with Gasteiger partial charge in [0.25, 0.3) is 0 Å². The van der Waals surface area contributed by atoms with Crippen molar-refractivity contribution in [1.82, 2.24) is 4.90 Å². The summed E-state index contributed by atoms with van der Waals surface area (Å²) < 4.78 is 10.9. The number of carbonyl (C=O) groups is 3. The Morgan fingerprint density at radius 1 is 1.16 bits per heavy atom. The molecule has 0 radical (unpaired) electrons. The van der Waals surface area contributed by atoms with Gasteiger partial charge >= 0.3 is 6.09 Å². The van der Waals surface area contributed by atoms with Crippen molar-refractivity contribution in [2.45, 2.75) is 64.9 Å². The SMILES string of the molecule is CC#Cc1cc(Cl)c(C2C(=O)CC3(CCN(C(=O)OC(C)(C)C)CC3)CC2=O)c(OC)c1. The number of Topliss-reactive ketones (excluding diaryl/α,β-unsaturated/α-hetero) is 2. The number of likely N-dealkylation sites (tertiary alicyclic amines) is 1. The van der Waals surface area contributed by atoms with Crippen LogP contribution >= 0.6 is 11.6 Å². The van der Waals surface area contributed by atoms with E-state index in [1.807, 2.05) is 20.8 Å². The highest BCUT2D eigenvalue weighted by atomic mass is 35.5. The molecule has 172 valence electrons. The highest BCUT2D eigenvalue weighted by molar-refractivity contribution is 6.32. The number of methoxy groups -OCH3 is 1. The third-order valence-corrected chi connectivity index (χ3v) is 6.40. The van der Waals surface area contributed by atoms with Crippen molar-refractivity contribution in [2.24, 2.45) is 5.41 Å². The summed E-state index contributed by atoms with van der Waals surface area (Å²) in [6, 6.07) is 3.38. The summed E-state index contributed by atoms with van der Waals surface area (Å²) in [6.07, 6.45) is 1.38. The molecule has 1 spiro atoms. The van der Waals surface area contributed by atoms with E-state index in [-0.39, 0.29) is 30.5 Å². The Bertz CT molecular complexity index is 970. The number of hydrogen-bond donors (Lipinski definition) is 0. The molecule has 1 aromatic carbocycles. The minimum atomic E-state index is -0.935. The minimum absolute atomic E-state index is 0.151. The number of carbonyl (C=O) groups excluding carboxylic acids is 3. The molecule has 0 bridgehead atoms. The lowest BCUT2D eigenvalue weighted by Gasteiger charge is -2.44. The van der Waals surface area contributed by atoms with Crippen molar-refractivity contribution in [3.05, 3.63) is 28.3 Å². The molecule has 1 aliphatic carbocycles. The second kappa shape index (κ2) is 9.15. The van der Waals surface area contributed by atoms with E-state index in [2.05, 4.69) is 11.8 Å². The summed E-state index contributed by atoms with van der Waals surface area (Å²) in [7, 11) is 1.49. The van der Waals surface area contributed by atoms with Gasteiger partial charge in [0.15, 0.2) is 0 Å². The molecule has 1 aromatic rings. The molecular weight excluding hydrogens is 430 g/mol. The Morgan fingerprint density at radius 3 is 2.25 bits per heavy atom. The maximum atomic E-state index is 13.2. The van der Waals surface area contributed by atoms with Crippen molar-refractivity contribution < 1.29 is 23.9 Å². The van der Waals surface area contributed by atoms with Gasteiger partial charge in [0.2, 0.25) is 0 Å². The number of ether oxygens (including phenoxy) is 2. The van der Waals surface area contributed by atoms with Crippen LogP contribution < -0.4 is 4.74 Å². The van der Waals surface area contributed by atoms with Gasteiger partial charge in [-0.05, 0) is 58.1 Å². The maximum Gasteiger partial charge on any atom is 0.410 e. The fourth-order valence-electron chi connectivity index (χ4n) is 4.61. The average molecular weight is 460 g/mol. The zero-order valence-electron chi connectivity index (χ0n) is 19.3. The highest BCUT2D eigenvalue weighted by Crippen LogP contribution is 2.48. The largest absolute Gasteiger partial charge is 0.496 e. The number of halogens is 1. The first-order chi connectivity index (χ1) is 15.0. The van der Waals surface area contributed by atoms with E-state index in [4.69, 9.17) is 21.1 Å². The fraction of sp³-hybridized carbons (Fsp3) is 0.560. The monoisotopic (exact) mass is 459 g/mol. The molecule has 7 heteroatoms. The van der Waals surface area contributed by atoms with Crippen molar-refractivity contribution in [2.75, 3.05) is 20.2 Å². The summed E-state index contributed by atoms with van der Waals surface area (Å²) >= 11 is 6.49. The quantitative estimate of drug-likeness (QED) is 0.471. The van der Waals surface area contributed by atoms with Crippen LogP contribution in [0.1, 0.15) is 70.4 Å². The van der Waals surface area contributed by atoms with Crippen LogP contribution in [0.5, 0.6) is 5.75 Å². The first kappa shape index (κ1) is 24.1. The molecular formula is C25H30ClNO5. The number of amides is 1. The maximum absolute atomic E-state index is 13.2. The third kappa shape index (κ3) is 5.10. The van der Waals surface area contributed by atoms with Crippen LogP contribution in [0.4, 0.5) is 4.79 Å². The van der Waals surface area contributed by atoms with E-state index < -0.39 is 16.9 Å². The zero-order chi connectivity index (χ0) is 23.7. The van der Waals surface area contributed by atoms with Gasteiger partial charge in [-0.1, -0.05) is 17.5 Å². The standard InChI is InChI=1S/C25H30ClNO5/c1-6-7-16-12-17(26)21(20(13-16)31-5)22-18(28)14-25(15-19(22)29)8-10-27(11-9-25)23(30)32-24(2,3)4/h12-13,22H,8-11,14-15H2,1-5H3. The third-order valence-electron chi connectivity index (χ3n) is 6.09. The molecule has 3 rings (SSSR count). The lowest BCUT2D eigenvalue weighted by atomic mass is 9.63. The van der Waals surface area contributed by atoms with Gasteiger partial charge in [-0.15, -0.1) is 5.92 Å². The highest BCUT2D eigenvalue weighted by Gasteiger charge is 2.48. The lowest BCUT2D eigenvalue weighted by molar-refractivity contribution is -0.138.